The van der Waals surface area contributed by atoms with Crippen molar-refractivity contribution >= 4 is 23.2 Å². The highest BCUT2D eigenvalue weighted by atomic mass is 35.5. The van der Waals surface area contributed by atoms with Crippen molar-refractivity contribution in [1.82, 2.24) is 15.5 Å². The van der Waals surface area contributed by atoms with Crippen LogP contribution in [0.2, 0.25) is 5.02 Å². The summed E-state index contributed by atoms with van der Waals surface area (Å²) in [6.07, 6.45) is 0. The topological polar surface area (TPSA) is 111 Å². The van der Waals surface area contributed by atoms with Crippen molar-refractivity contribution in [2.75, 3.05) is 0 Å². The Hall–Kier alpha value is -3.26. The standard InChI is InChI=1S/C16H11ClN4O4/c17-13-8-11(21(23)24)6-7-12(13)16(22)18-9-14-19-15(20-25-14)10-4-2-1-3-5-10/h1-8H,9H2,(H,18,22). The van der Waals surface area contributed by atoms with Gasteiger partial charge in [-0.25, -0.2) is 0 Å². The fourth-order valence-electron chi connectivity index (χ4n) is 2.08. The molecule has 3 aromatic rings. The van der Waals surface area contributed by atoms with E-state index in [1.165, 1.54) is 12.1 Å². The van der Waals surface area contributed by atoms with Crippen molar-refractivity contribution < 1.29 is 14.2 Å². The van der Waals surface area contributed by atoms with Gasteiger partial charge >= 0.3 is 0 Å². The van der Waals surface area contributed by atoms with E-state index in [1.54, 1.807) is 0 Å². The van der Waals surface area contributed by atoms with Crippen LogP contribution in [0.4, 0.5) is 5.69 Å². The molecule has 3 rings (SSSR count). The predicted octanol–water partition coefficient (Wildman–Crippen LogP) is 3.23. The molecule has 0 aliphatic heterocycles. The number of nitro benzene ring substituents is 1. The first-order valence-electron chi connectivity index (χ1n) is 7.15. The van der Waals surface area contributed by atoms with Gasteiger partial charge in [0.25, 0.3) is 11.6 Å². The number of nitrogens with one attached hydrogen (secondary N) is 1. The second-order valence-electron chi connectivity index (χ2n) is 4.98. The van der Waals surface area contributed by atoms with Gasteiger partial charge in [0.1, 0.15) is 0 Å². The third-order valence-corrected chi connectivity index (χ3v) is 3.62. The summed E-state index contributed by atoms with van der Waals surface area (Å²) in [5.41, 5.74) is 0.725. The minimum Gasteiger partial charge on any atom is -0.343 e. The van der Waals surface area contributed by atoms with E-state index in [1.807, 2.05) is 30.3 Å². The maximum Gasteiger partial charge on any atom is 0.270 e. The number of hydrogen-bond donors (Lipinski definition) is 1. The average Bonchev–Trinajstić information content (AvgIpc) is 3.09. The Bertz CT molecular complexity index is 927. The zero-order chi connectivity index (χ0) is 17.8. The largest absolute Gasteiger partial charge is 0.343 e. The summed E-state index contributed by atoms with van der Waals surface area (Å²) in [7, 11) is 0. The molecular formula is C16H11ClN4O4. The lowest BCUT2D eigenvalue weighted by molar-refractivity contribution is -0.384. The SMILES string of the molecule is O=C(NCc1nc(-c2ccccc2)no1)c1ccc([N+](=O)[O-])cc1Cl. The summed E-state index contributed by atoms with van der Waals surface area (Å²) in [6.45, 7) is 0.00594. The maximum atomic E-state index is 12.1. The van der Waals surface area contributed by atoms with E-state index in [9.17, 15) is 14.9 Å². The number of non-ortho nitro benzene ring substituents is 1. The molecular weight excluding hydrogens is 348 g/mol. The summed E-state index contributed by atoms with van der Waals surface area (Å²) in [4.78, 5) is 26.4. The second-order valence-corrected chi connectivity index (χ2v) is 5.39. The molecule has 1 aromatic heterocycles. The summed E-state index contributed by atoms with van der Waals surface area (Å²) < 4.78 is 5.09. The minimum absolute atomic E-state index is 0.00594. The van der Waals surface area contributed by atoms with Crippen molar-refractivity contribution in [3.63, 3.8) is 0 Å². The Kier molecular flexibility index (Phi) is 4.71. The molecule has 0 fully saturated rings. The monoisotopic (exact) mass is 358 g/mol. The van der Waals surface area contributed by atoms with Crippen LogP contribution in [-0.4, -0.2) is 21.0 Å². The molecule has 0 bridgehead atoms. The smallest absolute Gasteiger partial charge is 0.270 e. The molecule has 0 aliphatic carbocycles. The number of benzene rings is 2. The van der Waals surface area contributed by atoms with Gasteiger partial charge in [0.15, 0.2) is 0 Å². The average molecular weight is 359 g/mol. The van der Waals surface area contributed by atoms with Crippen molar-refractivity contribution in [2.45, 2.75) is 6.54 Å². The van der Waals surface area contributed by atoms with Crippen LogP contribution in [0.1, 0.15) is 16.2 Å². The van der Waals surface area contributed by atoms with Crippen LogP contribution < -0.4 is 5.32 Å². The number of carbonyl (C=O) groups excluding carboxylic acids is 1. The predicted molar refractivity (Wildman–Crippen MR) is 89.0 cm³/mol. The number of aromatic nitrogens is 2. The highest BCUT2D eigenvalue weighted by Crippen LogP contribution is 2.22. The lowest BCUT2D eigenvalue weighted by atomic mass is 10.2. The highest BCUT2D eigenvalue weighted by molar-refractivity contribution is 6.34. The molecule has 0 atom stereocenters. The van der Waals surface area contributed by atoms with E-state index in [2.05, 4.69) is 15.5 Å². The van der Waals surface area contributed by atoms with Crippen molar-refractivity contribution in [3.8, 4) is 11.4 Å². The number of halogens is 1. The lowest BCUT2D eigenvalue weighted by Crippen LogP contribution is -2.23. The Morgan fingerprint density at radius 2 is 2.00 bits per heavy atom. The fraction of sp³-hybridized carbons (Fsp3) is 0.0625. The highest BCUT2D eigenvalue weighted by Gasteiger charge is 2.16. The Morgan fingerprint density at radius 1 is 1.24 bits per heavy atom. The number of nitro groups is 1. The zero-order valence-corrected chi connectivity index (χ0v) is 13.4. The molecule has 9 heteroatoms. The number of carbonyl (C=O) groups is 1. The van der Waals surface area contributed by atoms with E-state index in [-0.39, 0.29) is 28.7 Å². The van der Waals surface area contributed by atoms with Crippen LogP contribution in [0.15, 0.2) is 53.1 Å². The summed E-state index contributed by atoms with van der Waals surface area (Å²) in [5.74, 6) is 0.141. The molecule has 1 N–H and O–H groups in total. The van der Waals surface area contributed by atoms with Crippen LogP contribution in [0.3, 0.4) is 0 Å². The van der Waals surface area contributed by atoms with Gasteiger partial charge in [0.05, 0.1) is 22.1 Å². The van der Waals surface area contributed by atoms with Crippen LogP contribution >= 0.6 is 11.6 Å². The quantitative estimate of drug-likeness (QED) is 0.553. The Labute approximate surface area is 146 Å². The molecule has 1 heterocycles. The Balaban J connectivity index is 1.67. The second kappa shape index (κ2) is 7.10. The summed E-state index contributed by atoms with van der Waals surface area (Å²) in [6, 6.07) is 12.9. The van der Waals surface area contributed by atoms with E-state index >= 15 is 0 Å². The van der Waals surface area contributed by atoms with Crippen LogP contribution in [0.25, 0.3) is 11.4 Å². The molecule has 0 saturated heterocycles. The van der Waals surface area contributed by atoms with Crippen LogP contribution in [0, 0.1) is 10.1 Å². The van der Waals surface area contributed by atoms with E-state index < -0.39 is 10.8 Å². The van der Waals surface area contributed by atoms with Gasteiger partial charge in [0.2, 0.25) is 11.7 Å². The van der Waals surface area contributed by atoms with Crippen molar-refractivity contribution in [2.24, 2.45) is 0 Å². The van der Waals surface area contributed by atoms with Gasteiger partial charge in [0, 0.05) is 17.7 Å². The first-order valence-corrected chi connectivity index (χ1v) is 7.52. The molecule has 8 nitrogen and oxygen atoms in total. The summed E-state index contributed by atoms with van der Waals surface area (Å²) in [5, 5.41) is 17.1. The van der Waals surface area contributed by atoms with Crippen molar-refractivity contribution in [1.29, 1.82) is 0 Å². The molecule has 0 radical (unpaired) electrons. The molecule has 0 unspecified atom stereocenters. The molecule has 0 saturated carbocycles. The third-order valence-electron chi connectivity index (χ3n) is 3.31. The number of nitrogens with zero attached hydrogens (tertiary/aromatic N) is 3. The van der Waals surface area contributed by atoms with Crippen molar-refractivity contribution in [3.05, 3.63) is 75.1 Å². The number of rotatable bonds is 5. The number of hydrogen-bond acceptors (Lipinski definition) is 6. The van der Waals surface area contributed by atoms with Gasteiger partial charge in [-0.05, 0) is 6.07 Å². The van der Waals surface area contributed by atoms with E-state index in [4.69, 9.17) is 16.1 Å². The third kappa shape index (κ3) is 3.81. The molecule has 2 aromatic carbocycles. The molecule has 0 aliphatic rings. The molecule has 25 heavy (non-hydrogen) atoms. The van der Waals surface area contributed by atoms with Crippen LogP contribution in [0.5, 0.6) is 0 Å². The van der Waals surface area contributed by atoms with E-state index in [0.29, 0.717) is 5.82 Å². The lowest BCUT2D eigenvalue weighted by Gasteiger charge is -2.04. The molecule has 126 valence electrons. The summed E-state index contributed by atoms with van der Waals surface area (Å²) >= 11 is 5.92. The fourth-order valence-corrected chi connectivity index (χ4v) is 2.34. The Morgan fingerprint density at radius 3 is 2.68 bits per heavy atom. The minimum atomic E-state index is -0.586. The maximum absolute atomic E-state index is 12.1. The zero-order valence-electron chi connectivity index (χ0n) is 12.7. The van der Waals surface area contributed by atoms with Gasteiger partial charge in [-0.15, -0.1) is 0 Å². The van der Waals surface area contributed by atoms with Gasteiger partial charge in [-0.3, -0.25) is 14.9 Å². The van der Waals surface area contributed by atoms with E-state index in [0.717, 1.165) is 11.6 Å². The van der Waals surface area contributed by atoms with Gasteiger partial charge < -0.3 is 9.84 Å². The van der Waals surface area contributed by atoms with Gasteiger partial charge in [-0.1, -0.05) is 47.1 Å². The first kappa shape index (κ1) is 16.6. The van der Waals surface area contributed by atoms with Crippen LogP contribution in [-0.2, 0) is 6.54 Å². The molecule has 1 amide bonds. The van der Waals surface area contributed by atoms with Gasteiger partial charge in [-0.2, -0.15) is 4.98 Å². The number of amides is 1. The molecule has 0 spiro atoms. The first-order chi connectivity index (χ1) is 12.0. The normalized spacial score (nSPS) is 10.4.